The molecule has 110 valence electrons. The summed E-state index contributed by atoms with van der Waals surface area (Å²) in [5.74, 6) is 0.886. The van der Waals surface area contributed by atoms with Crippen molar-refractivity contribution in [1.29, 1.82) is 0 Å². The Labute approximate surface area is 139 Å². The van der Waals surface area contributed by atoms with Gasteiger partial charge >= 0.3 is 139 Å². The van der Waals surface area contributed by atoms with Crippen LogP contribution in [0, 0.1) is 0 Å². The minimum absolute atomic E-state index is 0.886. The first kappa shape index (κ1) is 15.3. The Balaban J connectivity index is 2.21. The molecule has 0 aromatic heterocycles. The van der Waals surface area contributed by atoms with E-state index in [1.807, 2.05) is 12.1 Å². The first-order valence-electron chi connectivity index (χ1n) is 7.11. The molecule has 3 aromatic carbocycles. The Morgan fingerprint density at radius 1 is 0.636 bits per heavy atom. The van der Waals surface area contributed by atoms with E-state index in [0.29, 0.717) is 0 Å². The molecule has 0 unspecified atom stereocenters. The summed E-state index contributed by atoms with van der Waals surface area (Å²) in [5.41, 5.74) is -1.74. The van der Waals surface area contributed by atoms with Crippen LogP contribution in [0.3, 0.4) is 0 Å². The summed E-state index contributed by atoms with van der Waals surface area (Å²) in [4.78, 5) is 0. The Morgan fingerprint density at radius 2 is 1.05 bits per heavy atom. The Morgan fingerprint density at radius 3 is 1.45 bits per heavy atom. The third-order valence-corrected chi connectivity index (χ3v) is 10.7. The quantitative estimate of drug-likeness (QED) is 0.506. The fraction of sp³-hybridized carbons (Fsp3) is 0.0526. The Bertz CT molecular complexity index is 739. The van der Waals surface area contributed by atoms with E-state index in [9.17, 15) is 0 Å². The molecule has 0 atom stereocenters. The summed E-state index contributed by atoms with van der Waals surface area (Å²) < 4.78 is 5.30. The third-order valence-electron chi connectivity index (χ3n) is 3.68. The molecule has 0 saturated heterocycles. The van der Waals surface area contributed by atoms with E-state index in [1.165, 1.54) is 15.9 Å². The van der Waals surface area contributed by atoms with E-state index in [0.717, 1.165) is 5.75 Å². The van der Waals surface area contributed by atoms with Crippen LogP contribution in [-0.4, -0.2) is 22.2 Å². The van der Waals surface area contributed by atoms with Crippen molar-refractivity contribution in [2.24, 2.45) is 0 Å². The molecule has 22 heavy (non-hydrogen) atoms. The van der Waals surface area contributed by atoms with Crippen molar-refractivity contribution in [3.63, 3.8) is 0 Å². The van der Waals surface area contributed by atoms with Crippen molar-refractivity contribution in [2.45, 2.75) is 0 Å². The molecule has 0 fully saturated rings. The van der Waals surface area contributed by atoms with Gasteiger partial charge in [-0.05, 0) is 0 Å². The second kappa shape index (κ2) is 6.67. The Kier molecular flexibility index (Phi) is 4.64. The second-order valence-corrected chi connectivity index (χ2v) is 11.2. The third kappa shape index (κ3) is 2.83. The number of hydrogen-bond donors (Lipinski definition) is 0. The standard InChI is InChI=1S/C19H17OPSe/c1-20-16-12-14-19(15-13-16)21(22,17-8-4-2-5-9-17)18-10-6-3-7-11-18/h2-15H,1H3. The number of methoxy groups -OCH3 is 1. The van der Waals surface area contributed by atoms with Crippen LogP contribution in [-0.2, 0) is 0 Å². The molecule has 1 nitrogen and oxygen atoms in total. The van der Waals surface area contributed by atoms with Crippen molar-refractivity contribution in [3.05, 3.63) is 84.9 Å². The van der Waals surface area contributed by atoms with Crippen molar-refractivity contribution in [2.75, 3.05) is 7.11 Å². The second-order valence-electron chi connectivity index (χ2n) is 4.98. The van der Waals surface area contributed by atoms with Gasteiger partial charge in [0.25, 0.3) is 0 Å². The van der Waals surface area contributed by atoms with Gasteiger partial charge in [0.2, 0.25) is 0 Å². The Hall–Kier alpha value is -1.59. The van der Waals surface area contributed by atoms with Gasteiger partial charge < -0.3 is 0 Å². The van der Waals surface area contributed by atoms with E-state index in [4.69, 9.17) is 4.74 Å². The molecule has 0 aliphatic heterocycles. The van der Waals surface area contributed by atoms with Crippen LogP contribution >= 0.6 is 5.51 Å². The number of rotatable bonds is 4. The van der Waals surface area contributed by atoms with Gasteiger partial charge in [-0.2, -0.15) is 0 Å². The SMILES string of the molecule is COc1ccc(P(=[Se])(c2ccccc2)c2ccccc2)cc1. The molecule has 0 bridgehead atoms. The van der Waals surface area contributed by atoms with Crippen LogP contribution in [0.1, 0.15) is 0 Å². The first-order chi connectivity index (χ1) is 10.7. The number of ether oxygens (including phenoxy) is 1. The predicted octanol–water partition coefficient (Wildman–Crippen LogP) is 3.07. The molecule has 0 spiro atoms. The van der Waals surface area contributed by atoms with Crippen LogP contribution in [0.5, 0.6) is 5.75 Å². The van der Waals surface area contributed by atoms with Crippen molar-refractivity contribution in [3.8, 4) is 5.75 Å². The average Bonchev–Trinajstić information content (AvgIpc) is 2.62. The molecule has 3 heteroatoms. The van der Waals surface area contributed by atoms with E-state index in [-0.39, 0.29) is 0 Å². The zero-order valence-electron chi connectivity index (χ0n) is 12.3. The molecular weight excluding hydrogens is 354 g/mol. The van der Waals surface area contributed by atoms with Gasteiger partial charge in [-0.3, -0.25) is 0 Å². The van der Waals surface area contributed by atoms with E-state index < -0.39 is 5.51 Å². The zero-order valence-corrected chi connectivity index (χ0v) is 15.0. The van der Waals surface area contributed by atoms with Crippen molar-refractivity contribution < 1.29 is 4.74 Å². The summed E-state index contributed by atoms with van der Waals surface area (Å²) in [7, 11) is 1.70. The fourth-order valence-corrected chi connectivity index (χ4v) is 7.46. The summed E-state index contributed by atoms with van der Waals surface area (Å²) in [6.45, 7) is 0. The average molecular weight is 371 g/mol. The molecule has 0 heterocycles. The van der Waals surface area contributed by atoms with Crippen LogP contribution in [0.15, 0.2) is 84.9 Å². The molecule has 0 saturated carbocycles. The molecule has 0 aliphatic rings. The van der Waals surface area contributed by atoms with Crippen LogP contribution < -0.4 is 20.7 Å². The summed E-state index contributed by atoms with van der Waals surface area (Å²) in [6, 6.07) is 29.8. The topological polar surface area (TPSA) is 9.23 Å². The monoisotopic (exact) mass is 372 g/mol. The minimum atomic E-state index is -1.74. The van der Waals surface area contributed by atoms with E-state index in [2.05, 4.69) is 87.9 Å². The normalized spacial score (nSPS) is 11.1. The summed E-state index contributed by atoms with van der Waals surface area (Å²) in [6.07, 6.45) is 0. The van der Waals surface area contributed by atoms with Crippen molar-refractivity contribution in [1.82, 2.24) is 0 Å². The van der Waals surface area contributed by atoms with Crippen molar-refractivity contribution >= 4 is 36.5 Å². The maximum atomic E-state index is 5.30. The molecule has 3 aromatic rings. The fourth-order valence-electron chi connectivity index (χ4n) is 2.52. The molecule has 3 rings (SSSR count). The zero-order chi connectivity index (χ0) is 15.4. The van der Waals surface area contributed by atoms with Gasteiger partial charge in [0.1, 0.15) is 0 Å². The van der Waals surface area contributed by atoms with Crippen LogP contribution in [0.2, 0.25) is 0 Å². The van der Waals surface area contributed by atoms with Gasteiger partial charge in [0.05, 0.1) is 0 Å². The van der Waals surface area contributed by atoms with Gasteiger partial charge in [0, 0.05) is 0 Å². The molecular formula is C19H17OPSe. The van der Waals surface area contributed by atoms with E-state index >= 15 is 0 Å². The van der Waals surface area contributed by atoms with Gasteiger partial charge in [-0.1, -0.05) is 0 Å². The van der Waals surface area contributed by atoms with Gasteiger partial charge in [-0.15, -0.1) is 0 Å². The van der Waals surface area contributed by atoms with Gasteiger partial charge in [-0.25, -0.2) is 0 Å². The molecule has 0 amide bonds. The predicted molar refractivity (Wildman–Crippen MR) is 97.5 cm³/mol. The number of hydrogen-bond acceptors (Lipinski definition) is 1. The summed E-state index contributed by atoms with van der Waals surface area (Å²) in [5, 5.41) is 3.99. The van der Waals surface area contributed by atoms with E-state index in [1.54, 1.807) is 7.11 Å². The molecule has 0 N–H and O–H groups in total. The first-order valence-corrected chi connectivity index (χ1v) is 11.1. The van der Waals surface area contributed by atoms with Gasteiger partial charge in [0.15, 0.2) is 0 Å². The van der Waals surface area contributed by atoms with Crippen LogP contribution in [0.25, 0.3) is 0 Å². The maximum absolute atomic E-state index is 5.30. The van der Waals surface area contributed by atoms with Crippen LogP contribution in [0.4, 0.5) is 0 Å². The molecule has 0 radical (unpaired) electrons. The molecule has 0 aliphatic carbocycles. The number of benzene rings is 3. The summed E-state index contributed by atoms with van der Waals surface area (Å²) >= 11 is 3.55.